The Balaban J connectivity index is 1.41. The Morgan fingerprint density at radius 3 is 2.95 bits per heavy atom. The molecule has 1 saturated heterocycles. The predicted molar refractivity (Wildman–Crippen MR) is 84.6 cm³/mol. The molecule has 1 aromatic rings. The number of carbonyl (C=O) groups is 1. The minimum absolute atomic E-state index is 0.131. The van der Waals surface area contributed by atoms with E-state index in [2.05, 4.69) is 21.6 Å². The first-order chi connectivity index (χ1) is 10.2. The van der Waals surface area contributed by atoms with E-state index in [0.29, 0.717) is 5.92 Å². The zero-order valence-corrected chi connectivity index (χ0v) is 12.9. The van der Waals surface area contributed by atoms with Gasteiger partial charge in [-0.1, -0.05) is 23.7 Å². The van der Waals surface area contributed by atoms with Crippen LogP contribution in [0.4, 0.5) is 0 Å². The van der Waals surface area contributed by atoms with Crippen molar-refractivity contribution >= 4 is 17.5 Å². The molecule has 2 unspecified atom stereocenters. The van der Waals surface area contributed by atoms with E-state index in [-0.39, 0.29) is 11.8 Å². The van der Waals surface area contributed by atoms with Crippen molar-refractivity contribution in [1.82, 2.24) is 15.5 Å². The number of hydrogen-bond donors (Lipinski definition) is 2. The van der Waals surface area contributed by atoms with Gasteiger partial charge in [-0.3, -0.25) is 9.69 Å². The van der Waals surface area contributed by atoms with Gasteiger partial charge in [0.15, 0.2) is 0 Å². The van der Waals surface area contributed by atoms with Gasteiger partial charge in [-0.25, -0.2) is 0 Å². The van der Waals surface area contributed by atoms with Gasteiger partial charge in [0.1, 0.15) is 0 Å². The van der Waals surface area contributed by atoms with Crippen molar-refractivity contribution in [2.24, 2.45) is 5.92 Å². The number of benzene rings is 1. The molecular formula is C16H22ClN3O. The maximum Gasteiger partial charge on any atom is 0.223 e. The molecule has 2 fully saturated rings. The Hall–Kier alpha value is -1.10. The molecule has 0 aromatic heterocycles. The van der Waals surface area contributed by atoms with Gasteiger partial charge in [-0.05, 0) is 30.0 Å². The quantitative estimate of drug-likeness (QED) is 0.866. The monoisotopic (exact) mass is 307 g/mol. The fraction of sp³-hybridized carbons (Fsp3) is 0.562. The third kappa shape index (κ3) is 3.96. The maximum atomic E-state index is 12.1. The van der Waals surface area contributed by atoms with Gasteiger partial charge >= 0.3 is 0 Å². The second-order valence-electron chi connectivity index (χ2n) is 5.89. The lowest BCUT2D eigenvalue weighted by Gasteiger charge is -2.27. The molecular weight excluding hydrogens is 286 g/mol. The van der Waals surface area contributed by atoms with Crippen LogP contribution in [0.2, 0.25) is 5.02 Å². The number of carbonyl (C=O) groups excluding carboxylic acids is 1. The Bertz CT molecular complexity index is 502. The number of nitrogens with zero attached hydrogens (tertiary/aromatic N) is 1. The summed E-state index contributed by atoms with van der Waals surface area (Å²) in [7, 11) is 0. The molecule has 0 bridgehead atoms. The Morgan fingerprint density at radius 1 is 1.38 bits per heavy atom. The van der Waals surface area contributed by atoms with E-state index >= 15 is 0 Å². The second kappa shape index (κ2) is 6.77. The average molecular weight is 308 g/mol. The van der Waals surface area contributed by atoms with Crippen molar-refractivity contribution < 1.29 is 4.79 Å². The van der Waals surface area contributed by atoms with Crippen LogP contribution < -0.4 is 10.6 Å². The molecule has 3 rings (SSSR count). The smallest absolute Gasteiger partial charge is 0.223 e. The van der Waals surface area contributed by atoms with Crippen molar-refractivity contribution in [1.29, 1.82) is 0 Å². The van der Waals surface area contributed by atoms with E-state index in [4.69, 9.17) is 11.6 Å². The number of nitrogens with one attached hydrogen (secondary N) is 2. The molecule has 1 amide bonds. The number of hydrogen-bond acceptors (Lipinski definition) is 3. The third-order valence-electron chi connectivity index (χ3n) is 4.34. The summed E-state index contributed by atoms with van der Waals surface area (Å²) in [5, 5.41) is 7.15. The third-order valence-corrected chi connectivity index (χ3v) is 4.58. The van der Waals surface area contributed by atoms with Crippen LogP contribution in [0.1, 0.15) is 17.9 Å². The van der Waals surface area contributed by atoms with Crippen molar-refractivity contribution in [3.63, 3.8) is 0 Å². The predicted octanol–water partition coefficient (Wildman–Crippen LogP) is 1.46. The number of halogens is 1. The van der Waals surface area contributed by atoms with Crippen LogP contribution in [0.25, 0.3) is 0 Å². The highest BCUT2D eigenvalue weighted by atomic mass is 35.5. The summed E-state index contributed by atoms with van der Waals surface area (Å²) in [6, 6.07) is 7.86. The molecule has 1 heterocycles. The summed E-state index contributed by atoms with van der Waals surface area (Å²) in [6.07, 6.45) is 0.944. The molecule has 1 saturated carbocycles. The van der Waals surface area contributed by atoms with Crippen LogP contribution in [0, 0.1) is 5.92 Å². The molecule has 2 N–H and O–H groups in total. The molecule has 1 aliphatic carbocycles. The van der Waals surface area contributed by atoms with Gasteiger partial charge in [0.05, 0.1) is 0 Å². The van der Waals surface area contributed by atoms with Gasteiger partial charge in [-0.15, -0.1) is 0 Å². The van der Waals surface area contributed by atoms with Crippen LogP contribution in [-0.4, -0.2) is 50.1 Å². The highest BCUT2D eigenvalue weighted by Crippen LogP contribution is 2.47. The number of rotatable bonds is 5. The number of piperazine rings is 1. The van der Waals surface area contributed by atoms with Crippen LogP contribution >= 0.6 is 11.6 Å². The van der Waals surface area contributed by atoms with E-state index in [0.717, 1.165) is 50.7 Å². The topological polar surface area (TPSA) is 44.4 Å². The first kappa shape index (κ1) is 14.8. The van der Waals surface area contributed by atoms with Crippen LogP contribution in [0.15, 0.2) is 24.3 Å². The lowest BCUT2D eigenvalue weighted by Crippen LogP contribution is -2.46. The van der Waals surface area contributed by atoms with E-state index in [9.17, 15) is 4.79 Å². The van der Waals surface area contributed by atoms with E-state index in [1.165, 1.54) is 5.56 Å². The first-order valence-corrected chi connectivity index (χ1v) is 8.08. The SMILES string of the molecule is O=C(NCCN1CCNCC1)C1CC1c1cccc(Cl)c1. The number of amides is 1. The van der Waals surface area contributed by atoms with Crippen molar-refractivity contribution in [3.8, 4) is 0 Å². The highest BCUT2D eigenvalue weighted by molar-refractivity contribution is 6.30. The Morgan fingerprint density at radius 2 is 2.19 bits per heavy atom. The van der Waals surface area contributed by atoms with E-state index in [1.54, 1.807) is 0 Å². The van der Waals surface area contributed by atoms with E-state index in [1.807, 2.05) is 18.2 Å². The summed E-state index contributed by atoms with van der Waals surface area (Å²) in [5.41, 5.74) is 1.18. The molecule has 114 valence electrons. The first-order valence-electron chi connectivity index (χ1n) is 7.70. The fourth-order valence-corrected chi connectivity index (χ4v) is 3.19. The molecule has 2 aliphatic rings. The largest absolute Gasteiger partial charge is 0.355 e. The van der Waals surface area contributed by atoms with Gasteiger partial charge in [0.2, 0.25) is 5.91 Å². The molecule has 4 nitrogen and oxygen atoms in total. The summed E-state index contributed by atoms with van der Waals surface area (Å²) in [4.78, 5) is 14.5. The standard InChI is InChI=1S/C16H22ClN3O/c17-13-3-1-2-12(10-13)14-11-15(14)16(21)19-6-9-20-7-4-18-5-8-20/h1-3,10,14-15,18H,4-9,11H2,(H,19,21). The fourth-order valence-electron chi connectivity index (χ4n) is 2.99. The lowest BCUT2D eigenvalue weighted by molar-refractivity contribution is -0.122. The maximum absolute atomic E-state index is 12.1. The van der Waals surface area contributed by atoms with Gasteiger partial charge in [0.25, 0.3) is 0 Å². The minimum atomic E-state index is 0.131. The normalized spacial score (nSPS) is 25.6. The van der Waals surface area contributed by atoms with Crippen molar-refractivity contribution in [2.75, 3.05) is 39.3 Å². The minimum Gasteiger partial charge on any atom is -0.355 e. The summed E-state index contributed by atoms with van der Waals surface area (Å²) >= 11 is 6.00. The molecule has 1 aliphatic heterocycles. The van der Waals surface area contributed by atoms with Crippen LogP contribution in [0.3, 0.4) is 0 Å². The van der Waals surface area contributed by atoms with Crippen LogP contribution in [0.5, 0.6) is 0 Å². The molecule has 5 heteroatoms. The molecule has 0 radical (unpaired) electrons. The summed E-state index contributed by atoms with van der Waals surface area (Å²) < 4.78 is 0. The van der Waals surface area contributed by atoms with E-state index < -0.39 is 0 Å². The Labute approximate surface area is 130 Å². The second-order valence-corrected chi connectivity index (χ2v) is 6.32. The van der Waals surface area contributed by atoms with Gasteiger partial charge < -0.3 is 10.6 Å². The zero-order chi connectivity index (χ0) is 14.7. The summed E-state index contributed by atoms with van der Waals surface area (Å²) in [6.45, 7) is 5.94. The van der Waals surface area contributed by atoms with Crippen molar-refractivity contribution in [3.05, 3.63) is 34.9 Å². The Kier molecular flexibility index (Phi) is 4.78. The summed E-state index contributed by atoms with van der Waals surface area (Å²) in [5.74, 6) is 0.671. The highest BCUT2D eigenvalue weighted by Gasteiger charge is 2.43. The molecule has 2 atom stereocenters. The lowest BCUT2D eigenvalue weighted by atomic mass is 10.1. The average Bonchev–Trinajstić information content (AvgIpc) is 3.29. The van der Waals surface area contributed by atoms with Crippen LogP contribution in [-0.2, 0) is 4.79 Å². The molecule has 0 spiro atoms. The molecule has 21 heavy (non-hydrogen) atoms. The van der Waals surface area contributed by atoms with Gasteiger partial charge in [0, 0.05) is 50.2 Å². The van der Waals surface area contributed by atoms with Crippen molar-refractivity contribution in [2.45, 2.75) is 12.3 Å². The zero-order valence-electron chi connectivity index (χ0n) is 12.1. The van der Waals surface area contributed by atoms with Gasteiger partial charge in [-0.2, -0.15) is 0 Å². The molecule has 1 aromatic carbocycles.